The zero-order valence-electron chi connectivity index (χ0n) is 26.9. The Balaban J connectivity index is 1.62. The Morgan fingerprint density at radius 2 is 1.16 bits per heavy atom. The standard InChI is InChI=1S/C38H46N2O4/c1-8-19-40-37(43)33-26(16-15-24-13-11-10-12-14-24)30(21-23(5)6)28(34(33)38(40)44)18-17-27-29(20-22(3)4)25(9-2)31-32(27)36(42)39(7)35(31)41/h9-18,20-23,25-28,31-34H,2,8,19H2,1,3-7H3/t25-,26+,27+,28-,31+,32-,33-,34+/m0/s1. The van der Waals surface area contributed by atoms with Crippen LogP contribution in [0.25, 0.3) is 6.08 Å². The van der Waals surface area contributed by atoms with Gasteiger partial charge in [-0.3, -0.25) is 29.0 Å². The van der Waals surface area contributed by atoms with Crippen LogP contribution in [0, 0.1) is 59.2 Å². The second-order valence-electron chi connectivity index (χ2n) is 13.5. The fourth-order valence-electron chi connectivity index (χ4n) is 8.07. The minimum Gasteiger partial charge on any atom is -0.285 e. The highest BCUT2D eigenvalue weighted by molar-refractivity contribution is 6.07. The monoisotopic (exact) mass is 594 g/mol. The third-order valence-corrected chi connectivity index (χ3v) is 9.77. The van der Waals surface area contributed by atoms with Gasteiger partial charge in [-0.1, -0.05) is 119 Å². The van der Waals surface area contributed by atoms with Crippen LogP contribution in [0.5, 0.6) is 0 Å². The van der Waals surface area contributed by atoms with Gasteiger partial charge in [0.1, 0.15) is 0 Å². The molecule has 2 aliphatic heterocycles. The fraction of sp³-hybridized carbons (Fsp3) is 0.474. The highest BCUT2D eigenvalue weighted by Crippen LogP contribution is 2.55. The summed E-state index contributed by atoms with van der Waals surface area (Å²) in [6.45, 7) is 14.9. The molecule has 4 amide bonds. The minimum atomic E-state index is -0.505. The summed E-state index contributed by atoms with van der Waals surface area (Å²) < 4.78 is 0. The van der Waals surface area contributed by atoms with Gasteiger partial charge >= 0.3 is 0 Å². The van der Waals surface area contributed by atoms with Crippen molar-refractivity contribution in [2.75, 3.05) is 13.6 Å². The van der Waals surface area contributed by atoms with Gasteiger partial charge in [0.05, 0.1) is 23.7 Å². The number of hydrogen-bond acceptors (Lipinski definition) is 4. The predicted molar refractivity (Wildman–Crippen MR) is 173 cm³/mol. The predicted octanol–water partition coefficient (Wildman–Crippen LogP) is 6.34. The maximum Gasteiger partial charge on any atom is 0.234 e. The molecule has 6 heteroatoms. The van der Waals surface area contributed by atoms with E-state index in [1.807, 2.05) is 43.3 Å². The summed E-state index contributed by atoms with van der Waals surface area (Å²) in [6.07, 6.45) is 15.2. The maximum atomic E-state index is 14.0. The lowest BCUT2D eigenvalue weighted by Crippen LogP contribution is -2.34. The summed E-state index contributed by atoms with van der Waals surface area (Å²) >= 11 is 0. The van der Waals surface area contributed by atoms with Crippen molar-refractivity contribution in [3.8, 4) is 0 Å². The Labute approximate surface area is 262 Å². The summed E-state index contributed by atoms with van der Waals surface area (Å²) in [7, 11) is 1.57. The normalized spacial score (nSPS) is 33.9. The van der Waals surface area contributed by atoms with Gasteiger partial charge in [-0.2, -0.15) is 0 Å². The average Bonchev–Trinajstić information content (AvgIpc) is 3.61. The average molecular weight is 595 g/mol. The quantitative estimate of drug-likeness (QED) is 0.247. The van der Waals surface area contributed by atoms with Gasteiger partial charge in [-0.25, -0.2) is 0 Å². The summed E-state index contributed by atoms with van der Waals surface area (Å²) in [5, 5.41) is 0. The zero-order chi connectivity index (χ0) is 31.9. The first-order chi connectivity index (χ1) is 21.0. The summed E-state index contributed by atoms with van der Waals surface area (Å²) in [6, 6.07) is 10.0. The van der Waals surface area contributed by atoms with Crippen molar-refractivity contribution in [1.29, 1.82) is 0 Å². The molecule has 6 nitrogen and oxygen atoms in total. The third kappa shape index (κ3) is 5.37. The smallest absolute Gasteiger partial charge is 0.234 e. The lowest BCUT2D eigenvalue weighted by Gasteiger charge is -2.23. The van der Waals surface area contributed by atoms with E-state index < -0.39 is 23.7 Å². The highest BCUT2D eigenvalue weighted by Gasteiger charge is 2.60. The number of benzene rings is 1. The van der Waals surface area contributed by atoms with Crippen molar-refractivity contribution >= 4 is 29.7 Å². The van der Waals surface area contributed by atoms with Gasteiger partial charge in [0.15, 0.2) is 0 Å². The molecule has 5 rings (SSSR count). The van der Waals surface area contributed by atoms with Crippen LogP contribution in [-0.2, 0) is 19.2 Å². The first-order valence-electron chi connectivity index (χ1n) is 16.2. The molecular weight excluding hydrogens is 548 g/mol. The van der Waals surface area contributed by atoms with E-state index in [4.69, 9.17) is 0 Å². The number of hydrogen-bond donors (Lipinski definition) is 0. The SMILES string of the molecule is C=C[C@H]1C(=CC(C)C)[C@@H](C=C[C@H]2C(=CC(C)C)[C@@H](C=Cc3ccccc3)[C@@H]3C(=O)N(CCC)C(=O)[C@@H]32)[C@@H]2C(=O)N(C)C(=O)[C@@H]21. The Morgan fingerprint density at radius 3 is 1.64 bits per heavy atom. The number of fused-ring (bicyclic) bond motifs is 2. The fourth-order valence-corrected chi connectivity index (χ4v) is 8.07. The molecule has 2 heterocycles. The van der Waals surface area contributed by atoms with E-state index in [1.54, 1.807) is 7.05 Å². The number of allylic oxidation sites excluding steroid dienone is 8. The summed E-state index contributed by atoms with van der Waals surface area (Å²) in [5.74, 6) is -3.08. The van der Waals surface area contributed by atoms with E-state index in [2.05, 4.69) is 70.7 Å². The molecule has 1 aromatic rings. The first kappa shape index (κ1) is 31.6. The van der Waals surface area contributed by atoms with Gasteiger partial charge in [-0.05, 0) is 23.8 Å². The molecule has 232 valence electrons. The van der Waals surface area contributed by atoms with E-state index in [0.717, 1.165) is 16.7 Å². The van der Waals surface area contributed by atoms with Crippen molar-refractivity contribution in [3.63, 3.8) is 0 Å². The second-order valence-corrected chi connectivity index (χ2v) is 13.5. The van der Waals surface area contributed by atoms with Crippen LogP contribution >= 0.6 is 0 Å². The molecule has 0 spiro atoms. The van der Waals surface area contributed by atoms with Crippen molar-refractivity contribution < 1.29 is 19.2 Å². The minimum absolute atomic E-state index is 0.0960. The second kappa shape index (κ2) is 12.7. The molecule has 2 saturated carbocycles. The van der Waals surface area contributed by atoms with Crippen molar-refractivity contribution in [3.05, 3.63) is 90.1 Å². The van der Waals surface area contributed by atoms with Crippen LogP contribution in [0.4, 0.5) is 0 Å². The molecule has 0 unspecified atom stereocenters. The highest BCUT2D eigenvalue weighted by atomic mass is 16.2. The van der Waals surface area contributed by atoms with E-state index in [9.17, 15) is 19.2 Å². The van der Waals surface area contributed by atoms with Crippen LogP contribution in [0.15, 0.2) is 84.5 Å². The number of amides is 4. The van der Waals surface area contributed by atoms with E-state index in [0.29, 0.717) is 13.0 Å². The van der Waals surface area contributed by atoms with Gasteiger partial charge < -0.3 is 0 Å². The van der Waals surface area contributed by atoms with Crippen LogP contribution in [0.1, 0.15) is 46.6 Å². The molecule has 4 fully saturated rings. The zero-order valence-corrected chi connectivity index (χ0v) is 26.9. The number of imide groups is 2. The van der Waals surface area contributed by atoms with Gasteiger partial charge in [0, 0.05) is 37.3 Å². The summed E-state index contributed by atoms with van der Waals surface area (Å²) in [4.78, 5) is 57.3. The molecule has 4 aliphatic rings. The van der Waals surface area contributed by atoms with E-state index >= 15 is 0 Å². The number of nitrogens with zero attached hydrogens (tertiary/aromatic N) is 2. The number of rotatable bonds is 9. The maximum absolute atomic E-state index is 14.0. The Hall–Kier alpha value is -3.80. The molecule has 0 radical (unpaired) electrons. The lowest BCUT2D eigenvalue weighted by atomic mass is 9.84. The Bertz CT molecular complexity index is 1450. The summed E-state index contributed by atoms with van der Waals surface area (Å²) in [5.41, 5.74) is 3.16. The van der Waals surface area contributed by atoms with Crippen molar-refractivity contribution in [2.45, 2.75) is 41.0 Å². The third-order valence-electron chi connectivity index (χ3n) is 9.77. The van der Waals surface area contributed by atoms with Gasteiger partial charge in [0.2, 0.25) is 23.6 Å². The van der Waals surface area contributed by atoms with Gasteiger partial charge in [0.25, 0.3) is 0 Å². The van der Waals surface area contributed by atoms with Gasteiger partial charge in [-0.15, -0.1) is 6.58 Å². The number of carbonyl (C=O) groups is 4. The molecule has 2 aliphatic carbocycles. The molecule has 0 aromatic heterocycles. The van der Waals surface area contributed by atoms with E-state index in [-0.39, 0.29) is 59.1 Å². The largest absolute Gasteiger partial charge is 0.285 e. The van der Waals surface area contributed by atoms with Crippen molar-refractivity contribution in [1.82, 2.24) is 9.80 Å². The topological polar surface area (TPSA) is 74.8 Å². The van der Waals surface area contributed by atoms with Crippen LogP contribution in [0.2, 0.25) is 0 Å². The van der Waals surface area contributed by atoms with Crippen molar-refractivity contribution in [2.24, 2.45) is 59.2 Å². The molecule has 0 N–H and O–H groups in total. The number of likely N-dealkylation sites (tertiary alicyclic amines) is 2. The Kier molecular flexibility index (Phi) is 9.10. The molecule has 2 saturated heterocycles. The van der Waals surface area contributed by atoms with E-state index in [1.165, 1.54) is 9.80 Å². The molecule has 1 aromatic carbocycles. The molecule has 8 atom stereocenters. The molecular formula is C38H46N2O4. The molecule has 0 bridgehead atoms. The molecule has 44 heavy (non-hydrogen) atoms. The number of carbonyl (C=O) groups excluding carboxylic acids is 4. The van der Waals surface area contributed by atoms with Crippen LogP contribution in [-0.4, -0.2) is 47.0 Å². The first-order valence-corrected chi connectivity index (χ1v) is 16.2. The Morgan fingerprint density at radius 1 is 0.705 bits per heavy atom. The van der Waals surface area contributed by atoms with Crippen LogP contribution < -0.4 is 0 Å². The lowest BCUT2D eigenvalue weighted by molar-refractivity contribution is -0.141. The van der Waals surface area contributed by atoms with Crippen LogP contribution in [0.3, 0.4) is 0 Å².